The van der Waals surface area contributed by atoms with Crippen LogP contribution in [0.4, 0.5) is 5.69 Å². The Morgan fingerprint density at radius 2 is 1.61 bits per heavy atom. The van der Waals surface area contributed by atoms with Crippen LogP contribution in [-0.2, 0) is 13.6 Å². The van der Waals surface area contributed by atoms with Crippen molar-refractivity contribution in [3.05, 3.63) is 67.8 Å². The van der Waals surface area contributed by atoms with Crippen LogP contribution in [0.1, 0.15) is 5.69 Å². The first kappa shape index (κ1) is 22.0. The number of benzene rings is 1. The number of rotatable bonds is 5. The molecule has 2 aromatic heterocycles. The van der Waals surface area contributed by atoms with E-state index in [2.05, 4.69) is 14.8 Å². The summed E-state index contributed by atoms with van der Waals surface area (Å²) in [6.45, 7) is 3.65. The Labute approximate surface area is 195 Å². The largest absolute Gasteiger partial charge is 0.497 e. The maximum atomic E-state index is 12.8. The number of pyridine rings is 1. The van der Waals surface area contributed by atoms with Crippen molar-refractivity contribution in [3.63, 3.8) is 0 Å². The Kier molecular flexibility index (Phi) is 6.48. The molecule has 0 radical (unpaired) electrons. The molecule has 1 aliphatic rings. The summed E-state index contributed by atoms with van der Waals surface area (Å²) < 4.78 is 8.59. The summed E-state index contributed by atoms with van der Waals surface area (Å²) in [5.74, 6) is 0.726. The third-order valence-corrected chi connectivity index (χ3v) is 6.46. The maximum absolute atomic E-state index is 12.8. The average molecular weight is 483 g/mol. The van der Waals surface area contributed by atoms with Gasteiger partial charge in [0.15, 0.2) is 0 Å². The van der Waals surface area contributed by atoms with Crippen molar-refractivity contribution in [1.29, 1.82) is 0 Å². The van der Waals surface area contributed by atoms with Crippen LogP contribution in [0.15, 0.2) is 41.5 Å². The fourth-order valence-electron chi connectivity index (χ4n) is 3.85. The molecular formula is C21H22Cl3N5O2. The molecule has 4 rings (SSSR count). The zero-order chi connectivity index (χ0) is 22.1. The van der Waals surface area contributed by atoms with Crippen LogP contribution < -0.4 is 15.2 Å². The summed E-state index contributed by atoms with van der Waals surface area (Å²) in [5.41, 5.74) is 2.08. The Hall–Kier alpha value is -2.19. The second-order valence-corrected chi connectivity index (χ2v) is 8.51. The van der Waals surface area contributed by atoms with Gasteiger partial charge in [0.2, 0.25) is 0 Å². The predicted octanol–water partition coefficient (Wildman–Crippen LogP) is 3.86. The fraction of sp³-hybridized carbons (Fsp3) is 0.333. The van der Waals surface area contributed by atoms with Crippen molar-refractivity contribution in [1.82, 2.24) is 19.2 Å². The Bertz CT molecular complexity index is 1110. The van der Waals surface area contributed by atoms with Crippen molar-refractivity contribution in [2.45, 2.75) is 6.54 Å². The molecule has 0 bridgehead atoms. The lowest BCUT2D eigenvalue weighted by Crippen LogP contribution is -2.46. The van der Waals surface area contributed by atoms with E-state index >= 15 is 0 Å². The van der Waals surface area contributed by atoms with E-state index in [4.69, 9.17) is 39.5 Å². The molecule has 1 saturated heterocycles. The lowest BCUT2D eigenvalue weighted by molar-refractivity contribution is 0.243. The average Bonchev–Trinajstić information content (AvgIpc) is 2.98. The Balaban J connectivity index is 1.51. The minimum absolute atomic E-state index is 0.237. The van der Waals surface area contributed by atoms with Crippen LogP contribution in [-0.4, -0.2) is 52.5 Å². The van der Waals surface area contributed by atoms with Crippen molar-refractivity contribution in [2.75, 3.05) is 38.2 Å². The van der Waals surface area contributed by atoms with Gasteiger partial charge in [0.1, 0.15) is 10.8 Å². The van der Waals surface area contributed by atoms with Gasteiger partial charge in [0.25, 0.3) is 5.56 Å². The van der Waals surface area contributed by atoms with Crippen LogP contribution in [0.3, 0.4) is 0 Å². The van der Waals surface area contributed by atoms with Crippen molar-refractivity contribution < 1.29 is 4.74 Å². The highest BCUT2D eigenvalue weighted by atomic mass is 35.5. The number of piperazine rings is 1. The third kappa shape index (κ3) is 4.28. The first-order valence-electron chi connectivity index (χ1n) is 9.77. The second kappa shape index (κ2) is 9.12. The van der Waals surface area contributed by atoms with E-state index in [0.717, 1.165) is 49.0 Å². The first-order chi connectivity index (χ1) is 14.9. The highest BCUT2D eigenvalue weighted by molar-refractivity contribution is 6.38. The molecular weight excluding hydrogens is 461 g/mol. The molecule has 7 nitrogen and oxygen atoms in total. The minimum atomic E-state index is -0.238. The predicted molar refractivity (Wildman–Crippen MR) is 124 cm³/mol. The summed E-state index contributed by atoms with van der Waals surface area (Å²) in [5, 5.41) is 1.33. The monoisotopic (exact) mass is 481 g/mol. The summed E-state index contributed by atoms with van der Waals surface area (Å²) in [4.78, 5) is 21.3. The number of ether oxygens (including phenoxy) is 1. The van der Waals surface area contributed by atoms with E-state index in [9.17, 15) is 4.79 Å². The fourth-order valence-corrected chi connectivity index (χ4v) is 4.71. The molecule has 31 heavy (non-hydrogen) atoms. The van der Waals surface area contributed by atoms with Gasteiger partial charge in [-0.25, -0.2) is 4.68 Å². The van der Waals surface area contributed by atoms with Gasteiger partial charge in [-0.3, -0.25) is 19.4 Å². The summed E-state index contributed by atoms with van der Waals surface area (Å²) in [7, 11) is 3.45. The van der Waals surface area contributed by atoms with Crippen LogP contribution in [0.25, 0.3) is 5.69 Å². The minimum Gasteiger partial charge on any atom is -0.497 e. The van der Waals surface area contributed by atoms with Gasteiger partial charge in [0.05, 0.1) is 34.2 Å². The standard InChI is InChI=1S/C21H22Cl3N5O2/c1-26-18(19(24)21(30)29(26)14-3-5-15(31-2)6-4-14)13-27-7-9-28(10-8-27)20-16(22)11-25-12-17(20)23/h3-6,11-12H,7-10,13H2,1-2H3. The molecule has 1 fully saturated rings. The van der Waals surface area contributed by atoms with Gasteiger partial charge in [-0.1, -0.05) is 34.8 Å². The molecule has 0 aliphatic carbocycles. The normalized spacial score (nSPS) is 14.8. The Morgan fingerprint density at radius 1 is 1.00 bits per heavy atom. The Morgan fingerprint density at radius 3 is 2.19 bits per heavy atom. The van der Waals surface area contributed by atoms with E-state index in [0.29, 0.717) is 16.6 Å². The highest BCUT2D eigenvalue weighted by Crippen LogP contribution is 2.33. The van der Waals surface area contributed by atoms with Crippen molar-refractivity contribution in [2.24, 2.45) is 7.05 Å². The lowest BCUT2D eigenvalue weighted by atomic mass is 10.2. The van der Waals surface area contributed by atoms with Gasteiger partial charge >= 0.3 is 0 Å². The molecule has 0 saturated carbocycles. The summed E-state index contributed by atoms with van der Waals surface area (Å²) in [6.07, 6.45) is 3.21. The van der Waals surface area contributed by atoms with Crippen molar-refractivity contribution in [3.8, 4) is 11.4 Å². The maximum Gasteiger partial charge on any atom is 0.290 e. The zero-order valence-electron chi connectivity index (χ0n) is 17.2. The van der Waals surface area contributed by atoms with Crippen LogP contribution in [0.2, 0.25) is 15.1 Å². The van der Waals surface area contributed by atoms with Gasteiger partial charge in [-0.05, 0) is 24.3 Å². The molecule has 0 atom stereocenters. The van der Waals surface area contributed by atoms with Crippen molar-refractivity contribution >= 4 is 40.5 Å². The van der Waals surface area contributed by atoms with E-state index in [-0.39, 0.29) is 10.6 Å². The molecule has 0 N–H and O–H groups in total. The van der Waals surface area contributed by atoms with Crippen LogP contribution in [0, 0.1) is 0 Å². The number of hydrogen-bond donors (Lipinski definition) is 0. The second-order valence-electron chi connectivity index (χ2n) is 7.31. The number of methoxy groups -OCH3 is 1. The summed E-state index contributed by atoms with van der Waals surface area (Å²) in [6, 6.07) is 7.30. The van der Waals surface area contributed by atoms with Crippen LogP contribution in [0.5, 0.6) is 5.75 Å². The molecule has 10 heteroatoms. The van der Waals surface area contributed by atoms with Gasteiger partial charge in [0, 0.05) is 52.2 Å². The molecule has 3 heterocycles. The smallest absolute Gasteiger partial charge is 0.290 e. The number of hydrogen-bond acceptors (Lipinski definition) is 5. The topological polar surface area (TPSA) is 55.5 Å². The van der Waals surface area contributed by atoms with E-state index < -0.39 is 0 Å². The van der Waals surface area contributed by atoms with Gasteiger partial charge in [-0.15, -0.1) is 0 Å². The quantitative estimate of drug-likeness (QED) is 0.553. The molecule has 0 unspecified atom stereocenters. The number of aromatic nitrogens is 3. The number of halogens is 3. The number of nitrogens with zero attached hydrogens (tertiary/aromatic N) is 5. The molecule has 164 valence electrons. The molecule has 1 aliphatic heterocycles. The molecule has 0 amide bonds. The van der Waals surface area contributed by atoms with Gasteiger partial charge < -0.3 is 9.64 Å². The molecule has 3 aromatic rings. The summed E-state index contributed by atoms with van der Waals surface area (Å²) >= 11 is 19.1. The highest BCUT2D eigenvalue weighted by Gasteiger charge is 2.24. The third-order valence-electron chi connectivity index (χ3n) is 5.53. The first-order valence-corrected chi connectivity index (χ1v) is 10.9. The molecule has 0 spiro atoms. The van der Waals surface area contributed by atoms with Gasteiger partial charge in [-0.2, -0.15) is 0 Å². The van der Waals surface area contributed by atoms with E-state index in [1.54, 1.807) is 24.2 Å². The van der Waals surface area contributed by atoms with E-state index in [1.807, 2.05) is 36.0 Å². The van der Waals surface area contributed by atoms with Crippen LogP contribution >= 0.6 is 34.8 Å². The van der Waals surface area contributed by atoms with E-state index in [1.165, 1.54) is 0 Å². The SMILES string of the molecule is COc1ccc(-n2c(=O)c(Cl)c(CN3CCN(c4c(Cl)cncc4Cl)CC3)n2C)cc1. The lowest BCUT2D eigenvalue weighted by Gasteiger charge is -2.36. The molecule has 1 aromatic carbocycles. The number of anilines is 1. The zero-order valence-corrected chi connectivity index (χ0v) is 19.5.